The molecule has 0 spiro atoms. The predicted octanol–water partition coefficient (Wildman–Crippen LogP) is 3.48. The summed E-state index contributed by atoms with van der Waals surface area (Å²) in [6.07, 6.45) is 5.84. The van der Waals surface area contributed by atoms with Gasteiger partial charge in [0.1, 0.15) is 11.6 Å². The number of nitrogens with zero attached hydrogens (tertiary/aromatic N) is 2. The number of fused-ring (bicyclic) bond motifs is 2. The van der Waals surface area contributed by atoms with Gasteiger partial charge in [-0.05, 0) is 50.2 Å². The second kappa shape index (κ2) is 5.14. The molecule has 0 amide bonds. The summed E-state index contributed by atoms with van der Waals surface area (Å²) in [5, 5.41) is 3.45. The average Bonchev–Trinajstić information content (AvgIpc) is 2.49. The lowest BCUT2D eigenvalue weighted by molar-refractivity contribution is 0.619. The zero-order valence-electron chi connectivity index (χ0n) is 12.5. The Morgan fingerprint density at radius 1 is 1.14 bits per heavy atom. The van der Waals surface area contributed by atoms with E-state index in [1.54, 1.807) is 0 Å². The number of hydrogen-bond donors (Lipinski definition) is 1. The molecule has 0 aliphatic heterocycles. The SMILES string of the molecule is CCNc1nc(C2Cc3ccccc32)nc2c1CCCC2. The Balaban J connectivity index is 1.75. The van der Waals surface area contributed by atoms with Crippen molar-refractivity contribution in [2.45, 2.75) is 44.9 Å². The first-order chi connectivity index (χ1) is 10.4. The third kappa shape index (κ3) is 2.11. The minimum atomic E-state index is 0.394. The van der Waals surface area contributed by atoms with E-state index in [0.29, 0.717) is 5.92 Å². The minimum absolute atomic E-state index is 0.394. The molecular formula is C18H21N3. The van der Waals surface area contributed by atoms with E-state index >= 15 is 0 Å². The van der Waals surface area contributed by atoms with Crippen molar-refractivity contribution >= 4 is 5.82 Å². The molecule has 108 valence electrons. The van der Waals surface area contributed by atoms with E-state index in [-0.39, 0.29) is 0 Å². The molecule has 3 heteroatoms. The topological polar surface area (TPSA) is 37.8 Å². The highest BCUT2D eigenvalue weighted by Gasteiger charge is 2.31. The average molecular weight is 279 g/mol. The van der Waals surface area contributed by atoms with Gasteiger partial charge in [0.15, 0.2) is 0 Å². The highest BCUT2D eigenvalue weighted by Crippen LogP contribution is 2.39. The Morgan fingerprint density at radius 2 is 2.00 bits per heavy atom. The number of nitrogens with one attached hydrogen (secondary N) is 1. The van der Waals surface area contributed by atoms with Crippen molar-refractivity contribution in [3.8, 4) is 0 Å². The lowest BCUT2D eigenvalue weighted by Gasteiger charge is -2.30. The summed E-state index contributed by atoms with van der Waals surface area (Å²) < 4.78 is 0. The molecule has 4 rings (SSSR count). The Hall–Kier alpha value is -1.90. The lowest BCUT2D eigenvalue weighted by Crippen LogP contribution is -2.23. The zero-order chi connectivity index (χ0) is 14.2. The zero-order valence-corrected chi connectivity index (χ0v) is 12.5. The lowest BCUT2D eigenvalue weighted by atomic mass is 9.77. The van der Waals surface area contributed by atoms with E-state index in [4.69, 9.17) is 9.97 Å². The third-order valence-corrected chi connectivity index (χ3v) is 4.71. The number of hydrogen-bond acceptors (Lipinski definition) is 3. The summed E-state index contributed by atoms with van der Waals surface area (Å²) in [5.41, 5.74) is 5.51. The molecule has 2 aliphatic carbocycles. The van der Waals surface area contributed by atoms with Gasteiger partial charge in [-0.15, -0.1) is 0 Å². The van der Waals surface area contributed by atoms with Crippen molar-refractivity contribution < 1.29 is 0 Å². The molecule has 2 aromatic rings. The van der Waals surface area contributed by atoms with Crippen LogP contribution in [0.4, 0.5) is 5.82 Å². The fraction of sp³-hybridized carbons (Fsp3) is 0.444. The van der Waals surface area contributed by atoms with E-state index in [1.165, 1.54) is 35.2 Å². The Labute approximate surface area is 125 Å². The van der Waals surface area contributed by atoms with E-state index in [2.05, 4.69) is 36.5 Å². The Kier molecular flexibility index (Phi) is 3.13. The number of aromatic nitrogens is 2. The Morgan fingerprint density at radius 3 is 2.86 bits per heavy atom. The van der Waals surface area contributed by atoms with Gasteiger partial charge in [-0.3, -0.25) is 0 Å². The van der Waals surface area contributed by atoms with Crippen LogP contribution in [0.3, 0.4) is 0 Å². The normalized spacial score (nSPS) is 19.4. The molecule has 0 saturated heterocycles. The first kappa shape index (κ1) is 12.8. The van der Waals surface area contributed by atoms with Crippen molar-refractivity contribution in [3.05, 3.63) is 52.5 Å². The van der Waals surface area contributed by atoms with Gasteiger partial charge in [0.05, 0.1) is 0 Å². The molecule has 3 nitrogen and oxygen atoms in total. The molecule has 1 aromatic carbocycles. The Bertz CT molecular complexity index is 678. The maximum Gasteiger partial charge on any atom is 0.138 e. The van der Waals surface area contributed by atoms with Crippen molar-refractivity contribution in [2.24, 2.45) is 0 Å². The standard InChI is InChI=1S/C18H21N3/c1-2-19-17-14-9-5-6-10-16(14)20-18(21-17)15-11-12-7-3-4-8-13(12)15/h3-4,7-8,15H,2,5-6,9-11H2,1H3,(H,19,20,21). The van der Waals surface area contributed by atoms with E-state index in [1.807, 2.05) is 0 Å². The molecule has 1 atom stereocenters. The van der Waals surface area contributed by atoms with Gasteiger partial charge in [-0.1, -0.05) is 24.3 Å². The maximum absolute atomic E-state index is 4.93. The van der Waals surface area contributed by atoms with Crippen LogP contribution in [0, 0.1) is 0 Å². The summed E-state index contributed by atoms with van der Waals surface area (Å²) in [5.74, 6) is 2.50. The van der Waals surface area contributed by atoms with Gasteiger partial charge in [0.25, 0.3) is 0 Å². The van der Waals surface area contributed by atoms with Gasteiger partial charge in [-0.25, -0.2) is 9.97 Å². The van der Waals surface area contributed by atoms with Crippen LogP contribution in [0.25, 0.3) is 0 Å². The summed E-state index contributed by atoms with van der Waals surface area (Å²) >= 11 is 0. The largest absolute Gasteiger partial charge is 0.370 e. The number of anilines is 1. The molecule has 1 N–H and O–H groups in total. The van der Waals surface area contributed by atoms with Gasteiger partial charge < -0.3 is 5.32 Å². The summed E-state index contributed by atoms with van der Waals surface area (Å²) in [4.78, 5) is 9.80. The second-order valence-electron chi connectivity index (χ2n) is 6.05. The predicted molar refractivity (Wildman–Crippen MR) is 84.8 cm³/mol. The van der Waals surface area contributed by atoms with Crippen LogP contribution in [0.5, 0.6) is 0 Å². The van der Waals surface area contributed by atoms with Gasteiger partial charge >= 0.3 is 0 Å². The smallest absolute Gasteiger partial charge is 0.138 e. The quantitative estimate of drug-likeness (QED) is 0.934. The van der Waals surface area contributed by atoms with E-state index < -0.39 is 0 Å². The fourth-order valence-electron chi connectivity index (χ4n) is 3.57. The molecule has 2 aliphatic rings. The van der Waals surface area contributed by atoms with E-state index in [9.17, 15) is 0 Å². The van der Waals surface area contributed by atoms with Crippen molar-refractivity contribution in [3.63, 3.8) is 0 Å². The molecule has 1 aromatic heterocycles. The molecule has 1 heterocycles. The van der Waals surface area contributed by atoms with Gasteiger partial charge in [0, 0.05) is 23.7 Å². The molecule has 0 saturated carbocycles. The van der Waals surface area contributed by atoms with Crippen LogP contribution in [0.15, 0.2) is 24.3 Å². The number of rotatable bonds is 3. The molecule has 21 heavy (non-hydrogen) atoms. The molecular weight excluding hydrogens is 258 g/mol. The van der Waals surface area contributed by atoms with Gasteiger partial charge in [-0.2, -0.15) is 0 Å². The first-order valence-electron chi connectivity index (χ1n) is 8.08. The second-order valence-corrected chi connectivity index (χ2v) is 6.05. The number of benzene rings is 1. The van der Waals surface area contributed by atoms with Crippen LogP contribution >= 0.6 is 0 Å². The summed E-state index contributed by atoms with van der Waals surface area (Å²) in [7, 11) is 0. The molecule has 1 unspecified atom stereocenters. The first-order valence-corrected chi connectivity index (χ1v) is 8.08. The summed E-state index contributed by atoms with van der Waals surface area (Å²) in [6, 6.07) is 8.68. The molecule has 0 fully saturated rings. The maximum atomic E-state index is 4.93. The van der Waals surface area contributed by atoms with Crippen LogP contribution in [0.2, 0.25) is 0 Å². The van der Waals surface area contributed by atoms with Crippen LogP contribution in [-0.2, 0) is 19.3 Å². The van der Waals surface area contributed by atoms with Crippen molar-refractivity contribution in [2.75, 3.05) is 11.9 Å². The van der Waals surface area contributed by atoms with Crippen LogP contribution in [-0.4, -0.2) is 16.5 Å². The number of aryl methyl sites for hydroxylation is 1. The van der Waals surface area contributed by atoms with Gasteiger partial charge in [0.2, 0.25) is 0 Å². The third-order valence-electron chi connectivity index (χ3n) is 4.71. The monoisotopic (exact) mass is 279 g/mol. The minimum Gasteiger partial charge on any atom is -0.370 e. The van der Waals surface area contributed by atoms with Crippen molar-refractivity contribution in [1.29, 1.82) is 0 Å². The highest BCUT2D eigenvalue weighted by molar-refractivity contribution is 5.51. The fourth-order valence-corrected chi connectivity index (χ4v) is 3.57. The van der Waals surface area contributed by atoms with Crippen LogP contribution in [0.1, 0.15) is 53.9 Å². The molecule has 0 radical (unpaired) electrons. The van der Waals surface area contributed by atoms with Crippen LogP contribution < -0.4 is 5.32 Å². The van der Waals surface area contributed by atoms with E-state index in [0.717, 1.165) is 37.4 Å². The summed E-state index contributed by atoms with van der Waals surface area (Å²) in [6.45, 7) is 3.06. The highest BCUT2D eigenvalue weighted by atomic mass is 15.0. The van der Waals surface area contributed by atoms with Crippen molar-refractivity contribution in [1.82, 2.24) is 9.97 Å². The molecule has 0 bridgehead atoms.